The number of carbonyl (C=O) groups excluding carboxylic acids is 1. The van der Waals surface area contributed by atoms with E-state index in [-0.39, 0.29) is 5.91 Å². The summed E-state index contributed by atoms with van der Waals surface area (Å²) in [5.41, 5.74) is 0.859. The molecule has 1 unspecified atom stereocenters. The van der Waals surface area contributed by atoms with Gasteiger partial charge in [0.05, 0.1) is 6.61 Å². The van der Waals surface area contributed by atoms with Gasteiger partial charge in [-0.3, -0.25) is 4.79 Å². The van der Waals surface area contributed by atoms with Crippen LogP contribution in [0, 0.1) is 5.92 Å². The van der Waals surface area contributed by atoms with E-state index in [1.165, 1.54) is 12.8 Å². The van der Waals surface area contributed by atoms with Crippen molar-refractivity contribution in [3.05, 3.63) is 30.2 Å². The zero-order valence-electron chi connectivity index (χ0n) is 15.2. The van der Waals surface area contributed by atoms with Gasteiger partial charge in [0.15, 0.2) is 0 Å². The summed E-state index contributed by atoms with van der Waals surface area (Å²) >= 11 is 0. The topological polar surface area (TPSA) is 89.3 Å². The monoisotopic (exact) mass is 358 g/mol. The highest BCUT2D eigenvalue weighted by Gasteiger charge is 2.15. The number of aromatic nitrogens is 2. The van der Waals surface area contributed by atoms with Crippen LogP contribution in [-0.4, -0.2) is 42.3 Å². The number of aryl methyl sites for hydroxylation is 1. The number of nitrogens with zero attached hydrogens (tertiary/aromatic N) is 2. The average molecular weight is 358 g/mol. The van der Waals surface area contributed by atoms with Crippen LogP contribution in [0.25, 0.3) is 11.4 Å². The van der Waals surface area contributed by atoms with Crippen molar-refractivity contribution in [2.75, 3.05) is 26.2 Å². The van der Waals surface area contributed by atoms with Gasteiger partial charge in [-0.25, -0.2) is 0 Å². The Kier molecular flexibility index (Phi) is 6.60. The quantitative estimate of drug-likeness (QED) is 0.752. The number of ether oxygens (including phenoxy) is 1. The lowest BCUT2D eigenvalue weighted by Gasteiger charge is -2.22. The first-order valence-corrected chi connectivity index (χ1v) is 9.28. The van der Waals surface area contributed by atoms with Gasteiger partial charge in [-0.05, 0) is 63.0 Å². The van der Waals surface area contributed by atoms with Crippen molar-refractivity contribution in [1.29, 1.82) is 0 Å². The molecule has 2 aromatic rings. The van der Waals surface area contributed by atoms with Gasteiger partial charge in [0.1, 0.15) is 5.75 Å². The number of rotatable bonds is 8. The number of piperidine rings is 1. The fraction of sp³-hybridized carbons (Fsp3) is 0.526. The van der Waals surface area contributed by atoms with Crippen molar-refractivity contribution < 1.29 is 14.1 Å². The second-order valence-electron chi connectivity index (χ2n) is 6.49. The van der Waals surface area contributed by atoms with E-state index < -0.39 is 0 Å². The third-order valence-corrected chi connectivity index (χ3v) is 4.44. The maximum atomic E-state index is 12.0. The Hall–Kier alpha value is -2.41. The van der Waals surface area contributed by atoms with Gasteiger partial charge in [0, 0.05) is 24.9 Å². The maximum absolute atomic E-state index is 12.0. The Labute approximate surface area is 153 Å². The lowest BCUT2D eigenvalue weighted by atomic mass is 10.00. The predicted molar refractivity (Wildman–Crippen MR) is 97.8 cm³/mol. The van der Waals surface area contributed by atoms with Crippen molar-refractivity contribution in [2.24, 2.45) is 5.92 Å². The molecule has 3 rings (SSSR count). The molecule has 0 bridgehead atoms. The van der Waals surface area contributed by atoms with Crippen molar-refractivity contribution >= 4 is 5.91 Å². The lowest BCUT2D eigenvalue weighted by Crippen LogP contribution is -2.38. The minimum atomic E-state index is 0.0244. The van der Waals surface area contributed by atoms with Gasteiger partial charge in [-0.2, -0.15) is 4.98 Å². The molecule has 0 saturated carbocycles. The number of carbonyl (C=O) groups is 1. The summed E-state index contributed by atoms with van der Waals surface area (Å²) in [6.45, 7) is 5.37. The summed E-state index contributed by atoms with van der Waals surface area (Å²) in [5, 5.41) is 10.3. The number of hydrogen-bond donors (Lipinski definition) is 2. The maximum Gasteiger partial charge on any atom is 0.227 e. The summed E-state index contributed by atoms with van der Waals surface area (Å²) in [7, 11) is 0. The third kappa shape index (κ3) is 5.29. The summed E-state index contributed by atoms with van der Waals surface area (Å²) < 4.78 is 10.7. The minimum Gasteiger partial charge on any atom is -0.494 e. The van der Waals surface area contributed by atoms with Crippen molar-refractivity contribution in [3.8, 4) is 17.1 Å². The molecule has 1 saturated heterocycles. The Morgan fingerprint density at radius 1 is 1.38 bits per heavy atom. The van der Waals surface area contributed by atoms with Crippen LogP contribution in [0.2, 0.25) is 0 Å². The van der Waals surface area contributed by atoms with Crippen LogP contribution >= 0.6 is 0 Å². The number of nitrogens with one attached hydrogen (secondary N) is 2. The van der Waals surface area contributed by atoms with Gasteiger partial charge in [0.2, 0.25) is 17.6 Å². The van der Waals surface area contributed by atoms with Crippen molar-refractivity contribution in [2.45, 2.75) is 32.6 Å². The van der Waals surface area contributed by atoms with Crippen molar-refractivity contribution in [3.63, 3.8) is 0 Å². The number of benzene rings is 1. The highest BCUT2D eigenvalue weighted by atomic mass is 16.5. The van der Waals surface area contributed by atoms with Gasteiger partial charge in [-0.1, -0.05) is 5.16 Å². The summed E-state index contributed by atoms with van der Waals surface area (Å²) in [6, 6.07) is 7.54. The minimum absolute atomic E-state index is 0.0244. The van der Waals surface area contributed by atoms with E-state index >= 15 is 0 Å². The SMILES string of the molecule is CCOc1ccc(-c2noc(CCC(=O)NCC3CCCNC3)n2)cc1. The fourth-order valence-electron chi connectivity index (χ4n) is 3.01. The summed E-state index contributed by atoms with van der Waals surface area (Å²) in [4.78, 5) is 16.4. The van der Waals surface area contributed by atoms with E-state index in [0.717, 1.165) is 30.9 Å². The Morgan fingerprint density at radius 2 is 2.23 bits per heavy atom. The summed E-state index contributed by atoms with van der Waals surface area (Å²) in [5.74, 6) is 2.36. The Bertz CT molecular complexity index is 693. The standard InChI is InChI=1S/C19H26N4O3/c1-2-25-16-7-5-15(6-8-16)19-22-18(26-23-19)10-9-17(24)21-13-14-4-3-11-20-12-14/h5-8,14,20H,2-4,9-13H2,1H3,(H,21,24). The molecule has 1 amide bonds. The smallest absolute Gasteiger partial charge is 0.227 e. The zero-order valence-corrected chi connectivity index (χ0v) is 15.2. The van der Waals surface area contributed by atoms with Crippen LogP contribution in [0.4, 0.5) is 0 Å². The largest absolute Gasteiger partial charge is 0.494 e. The highest BCUT2D eigenvalue weighted by Crippen LogP contribution is 2.20. The number of hydrogen-bond acceptors (Lipinski definition) is 6. The molecule has 0 spiro atoms. The third-order valence-electron chi connectivity index (χ3n) is 4.44. The molecule has 7 heteroatoms. The first-order chi connectivity index (χ1) is 12.7. The molecule has 140 valence electrons. The first kappa shape index (κ1) is 18.4. The molecule has 1 aliphatic heterocycles. The van der Waals surface area contributed by atoms with Gasteiger partial charge in [0.25, 0.3) is 0 Å². The fourth-order valence-corrected chi connectivity index (χ4v) is 3.01. The normalized spacial score (nSPS) is 17.0. The first-order valence-electron chi connectivity index (χ1n) is 9.28. The van der Waals surface area contributed by atoms with E-state index in [0.29, 0.717) is 37.1 Å². The molecule has 0 aliphatic carbocycles. The Balaban J connectivity index is 1.44. The van der Waals surface area contributed by atoms with Crippen LogP contribution in [0.5, 0.6) is 5.75 Å². The molecule has 7 nitrogen and oxygen atoms in total. The van der Waals surface area contributed by atoms with Crippen LogP contribution in [-0.2, 0) is 11.2 Å². The molecular weight excluding hydrogens is 332 g/mol. The molecule has 1 aromatic carbocycles. The molecule has 1 atom stereocenters. The molecule has 1 aliphatic rings. The highest BCUT2D eigenvalue weighted by molar-refractivity contribution is 5.76. The van der Waals surface area contributed by atoms with Crippen LogP contribution in [0.3, 0.4) is 0 Å². The molecule has 2 heterocycles. The second-order valence-corrected chi connectivity index (χ2v) is 6.49. The Morgan fingerprint density at radius 3 is 2.96 bits per heavy atom. The van der Waals surface area contributed by atoms with Crippen LogP contribution < -0.4 is 15.4 Å². The number of amides is 1. The molecular formula is C19H26N4O3. The summed E-state index contributed by atoms with van der Waals surface area (Å²) in [6.07, 6.45) is 3.14. The second kappa shape index (κ2) is 9.33. The van der Waals surface area contributed by atoms with E-state index in [4.69, 9.17) is 9.26 Å². The van der Waals surface area contributed by atoms with Crippen LogP contribution in [0.1, 0.15) is 32.1 Å². The molecule has 2 N–H and O–H groups in total. The molecule has 26 heavy (non-hydrogen) atoms. The van der Waals surface area contributed by atoms with Gasteiger partial charge >= 0.3 is 0 Å². The van der Waals surface area contributed by atoms with E-state index in [9.17, 15) is 4.79 Å². The van der Waals surface area contributed by atoms with Crippen molar-refractivity contribution in [1.82, 2.24) is 20.8 Å². The predicted octanol–water partition coefficient (Wildman–Crippen LogP) is 2.18. The van der Waals surface area contributed by atoms with Gasteiger partial charge in [-0.15, -0.1) is 0 Å². The van der Waals surface area contributed by atoms with E-state index in [2.05, 4.69) is 20.8 Å². The van der Waals surface area contributed by atoms with E-state index in [1.807, 2.05) is 31.2 Å². The van der Waals surface area contributed by atoms with Crippen LogP contribution in [0.15, 0.2) is 28.8 Å². The lowest BCUT2D eigenvalue weighted by molar-refractivity contribution is -0.121. The van der Waals surface area contributed by atoms with Gasteiger partial charge < -0.3 is 19.9 Å². The zero-order chi connectivity index (χ0) is 18.2. The molecule has 1 fully saturated rings. The molecule has 0 radical (unpaired) electrons. The molecule has 1 aromatic heterocycles. The van der Waals surface area contributed by atoms with E-state index in [1.54, 1.807) is 0 Å². The average Bonchev–Trinajstić information content (AvgIpc) is 3.15.